The summed E-state index contributed by atoms with van der Waals surface area (Å²) in [7, 11) is 0. The van der Waals surface area contributed by atoms with Gasteiger partial charge in [0.15, 0.2) is 0 Å². The highest BCUT2D eigenvalue weighted by atomic mass is 15.1. The Kier molecular flexibility index (Phi) is 3.05. The minimum atomic E-state index is 1.03. The highest BCUT2D eigenvalue weighted by Crippen LogP contribution is 2.30. The molecule has 0 N–H and O–H groups in total. The summed E-state index contributed by atoms with van der Waals surface area (Å²) >= 11 is 0. The van der Waals surface area contributed by atoms with Gasteiger partial charge in [0.1, 0.15) is 5.82 Å². The van der Waals surface area contributed by atoms with Gasteiger partial charge in [0.2, 0.25) is 0 Å². The van der Waals surface area contributed by atoms with E-state index in [1.54, 1.807) is 0 Å². The summed E-state index contributed by atoms with van der Waals surface area (Å²) in [5.74, 6) is 1.04. The van der Waals surface area contributed by atoms with Gasteiger partial charge in [-0.2, -0.15) is 0 Å². The van der Waals surface area contributed by atoms with Gasteiger partial charge in [0.25, 0.3) is 0 Å². The van der Waals surface area contributed by atoms with Gasteiger partial charge >= 0.3 is 0 Å². The molecule has 106 valence electrons. The average molecular weight is 284 g/mol. The lowest BCUT2D eigenvalue weighted by molar-refractivity contribution is 0.982. The number of benzene rings is 1. The average Bonchev–Trinajstić information content (AvgIpc) is 2.97. The predicted molar refractivity (Wildman–Crippen MR) is 89.8 cm³/mol. The van der Waals surface area contributed by atoms with Crippen molar-refractivity contribution < 1.29 is 0 Å². The molecule has 22 heavy (non-hydrogen) atoms. The number of imidazole rings is 1. The van der Waals surface area contributed by atoms with E-state index in [0.29, 0.717) is 0 Å². The molecule has 0 saturated carbocycles. The van der Waals surface area contributed by atoms with Gasteiger partial charge in [0.05, 0.1) is 16.7 Å². The van der Waals surface area contributed by atoms with Crippen LogP contribution in [0.2, 0.25) is 0 Å². The van der Waals surface area contributed by atoms with Gasteiger partial charge < -0.3 is 0 Å². The Morgan fingerprint density at radius 3 is 2.91 bits per heavy atom. The molecule has 0 aliphatic heterocycles. The summed E-state index contributed by atoms with van der Waals surface area (Å²) < 4.78 is 2.23. The molecule has 2 aromatic carbocycles. The maximum Gasteiger partial charge on any atom is 0.141 e. The number of allylic oxidation sites excluding steroid dienone is 4. The molecule has 0 saturated heterocycles. The van der Waals surface area contributed by atoms with E-state index in [4.69, 9.17) is 4.98 Å². The van der Waals surface area contributed by atoms with Gasteiger partial charge in [-0.05, 0) is 49.1 Å². The number of hydrogen-bond acceptors (Lipinski definition) is 1. The molecule has 1 heterocycles. The third-order valence-corrected chi connectivity index (χ3v) is 4.09. The standard InChI is InChI=1S/C20H16N2/c1-15-9-8-14-18-19(15)21-20(16-10-4-2-5-11-16)22(18)17-12-6-3-7-13-17/h2,4,6,8-10,12-14H,5,11H2,1H3. The zero-order valence-corrected chi connectivity index (χ0v) is 12.5. The Morgan fingerprint density at radius 1 is 1.18 bits per heavy atom. The molecule has 1 aromatic heterocycles. The van der Waals surface area contributed by atoms with Crippen molar-refractivity contribution in [2.45, 2.75) is 19.8 Å². The van der Waals surface area contributed by atoms with Crippen molar-refractivity contribution in [2.24, 2.45) is 0 Å². The van der Waals surface area contributed by atoms with E-state index in [0.717, 1.165) is 35.4 Å². The van der Waals surface area contributed by atoms with Gasteiger partial charge in [-0.3, -0.25) is 4.57 Å². The molecule has 0 radical (unpaired) electrons. The highest BCUT2D eigenvalue weighted by molar-refractivity contribution is 5.85. The van der Waals surface area contributed by atoms with Crippen molar-refractivity contribution in [2.75, 3.05) is 0 Å². The fraction of sp³-hybridized carbons (Fsp3) is 0.150. The van der Waals surface area contributed by atoms with Crippen molar-refractivity contribution >= 4 is 16.6 Å². The Balaban J connectivity index is 2.05. The SMILES string of the molecule is Cc1cccc2c1nc(C1=CC=CCC1)n2-c1cc#ccc1. The summed E-state index contributed by atoms with van der Waals surface area (Å²) in [6.07, 6.45) is 8.60. The van der Waals surface area contributed by atoms with Crippen LogP contribution in [0.15, 0.2) is 54.6 Å². The van der Waals surface area contributed by atoms with E-state index in [1.165, 1.54) is 11.1 Å². The van der Waals surface area contributed by atoms with Crippen LogP contribution in [0.3, 0.4) is 0 Å². The Hall–Kier alpha value is -2.79. The smallest absolute Gasteiger partial charge is 0.141 e. The molecule has 2 nitrogen and oxygen atoms in total. The first-order valence-electron chi connectivity index (χ1n) is 7.57. The molecule has 3 aromatic rings. The van der Waals surface area contributed by atoms with Crippen molar-refractivity contribution in [3.63, 3.8) is 0 Å². The number of aryl methyl sites for hydroxylation is 1. The summed E-state index contributed by atoms with van der Waals surface area (Å²) in [4.78, 5) is 4.95. The summed E-state index contributed by atoms with van der Waals surface area (Å²) in [5, 5.41) is 0. The Morgan fingerprint density at radius 2 is 2.14 bits per heavy atom. The molecule has 0 amide bonds. The van der Waals surface area contributed by atoms with Crippen LogP contribution >= 0.6 is 0 Å². The van der Waals surface area contributed by atoms with Crippen LogP contribution in [-0.4, -0.2) is 9.55 Å². The molecule has 0 spiro atoms. The lowest BCUT2D eigenvalue weighted by Crippen LogP contribution is -2.01. The molecular formula is C20H16N2. The Bertz CT molecular complexity index is 883. The number of rotatable bonds is 2. The second-order valence-electron chi connectivity index (χ2n) is 5.56. The van der Waals surface area contributed by atoms with Gasteiger partial charge in [-0.1, -0.05) is 42.5 Å². The predicted octanol–water partition coefficient (Wildman–Crippen LogP) is 4.67. The number of fused-ring (bicyclic) bond motifs is 1. The van der Waals surface area contributed by atoms with Gasteiger partial charge in [-0.25, -0.2) is 4.98 Å². The van der Waals surface area contributed by atoms with E-state index in [-0.39, 0.29) is 0 Å². The molecule has 4 rings (SSSR count). The first kappa shape index (κ1) is 12.9. The van der Waals surface area contributed by atoms with E-state index < -0.39 is 0 Å². The third-order valence-electron chi connectivity index (χ3n) is 4.09. The molecule has 0 fully saturated rings. The second-order valence-corrected chi connectivity index (χ2v) is 5.56. The number of hydrogen-bond donors (Lipinski definition) is 0. The summed E-state index contributed by atoms with van der Waals surface area (Å²) in [6.45, 7) is 2.11. The monoisotopic (exact) mass is 284 g/mol. The van der Waals surface area contributed by atoms with Crippen molar-refractivity contribution in [1.82, 2.24) is 9.55 Å². The minimum Gasteiger partial charge on any atom is -0.292 e. The van der Waals surface area contributed by atoms with Crippen LogP contribution in [0, 0.1) is 19.1 Å². The number of aromatic nitrogens is 2. The number of para-hydroxylation sites is 1. The lowest BCUT2D eigenvalue weighted by atomic mass is 10.0. The summed E-state index contributed by atoms with van der Waals surface area (Å²) in [6, 6.07) is 18.3. The number of nitrogens with zero attached hydrogens (tertiary/aromatic N) is 2. The maximum absolute atomic E-state index is 4.95. The zero-order valence-electron chi connectivity index (χ0n) is 12.5. The topological polar surface area (TPSA) is 17.8 Å². The van der Waals surface area contributed by atoms with Crippen LogP contribution in [0.1, 0.15) is 24.2 Å². The van der Waals surface area contributed by atoms with E-state index in [2.05, 4.69) is 66.1 Å². The van der Waals surface area contributed by atoms with Gasteiger partial charge in [0, 0.05) is 6.07 Å². The van der Waals surface area contributed by atoms with Crippen LogP contribution in [0.5, 0.6) is 0 Å². The molecule has 0 atom stereocenters. The van der Waals surface area contributed by atoms with E-state index in [1.807, 2.05) is 12.1 Å². The van der Waals surface area contributed by atoms with Crippen LogP contribution in [-0.2, 0) is 0 Å². The molecular weight excluding hydrogens is 268 g/mol. The largest absolute Gasteiger partial charge is 0.292 e. The molecule has 1 aliphatic rings. The van der Waals surface area contributed by atoms with E-state index in [9.17, 15) is 0 Å². The Labute approximate surface area is 130 Å². The van der Waals surface area contributed by atoms with Crippen molar-refractivity contribution in [1.29, 1.82) is 0 Å². The lowest BCUT2D eigenvalue weighted by Gasteiger charge is -2.12. The van der Waals surface area contributed by atoms with Crippen LogP contribution < -0.4 is 0 Å². The molecule has 0 bridgehead atoms. The fourth-order valence-electron chi connectivity index (χ4n) is 2.98. The maximum atomic E-state index is 4.95. The van der Waals surface area contributed by atoms with E-state index >= 15 is 0 Å². The zero-order chi connectivity index (χ0) is 14.9. The second kappa shape index (κ2) is 5.20. The molecule has 2 heteroatoms. The summed E-state index contributed by atoms with van der Waals surface area (Å²) in [5.41, 5.74) is 5.78. The van der Waals surface area contributed by atoms with Crippen molar-refractivity contribution in [3.8, 4) is 5.69 Å². The quantitative estimate of drug-likeness (QED) is 0.668. The van der Waals surface area contributed by atoms with Gasteiger partial charge in [-0.15, -0.1) is 0 Å². The highest BCUT2D eigenvalue weighted by Gasteiger charge is 2.17. The first-order valence-corrected chi connectivity index (χ1v) is 7.57. The molecule has 1 aliphatic carbocycles. The fourth-order valence-corrected chi connectivity index (χ4v) is 2.98. The first-order chi connectivity index (χ1) is 10.8. The van der Waals surface area contributed by atoms with Crippen molar-refractivity contribution in [3.05, 3.63) is 78.1 Å². The van der Waals surface area contributed by atoms with Crippen LogP contribution in [0.4, 0.5) is 0 Å². The minimum absolute atomic E-state index is 1.03. The van der Waals surface area contributed by atoms with Crippen LogP contribution in [0.25, 0.3) is 22.3 Å². The normalized spacial score (nSPS) is 14.0. The third kappa shape index (κ3) is 2.03. The molecule has 0 unspecified atom stereocenters.